The van der Waals surface area contributed by atoms with Gasteiger partial charge >= 0.3 is 5.97 Å². The smallest absolute Gasteiger partial charge is 0.336 e. The van der Waals surface area contributed by atoms with E-state index in [9.17, 15) is 19.7 Å². The van der Waals surface area contributed by atoms with Gasteiger partial charge in [-0.15, -0.1) is 0 Å². The van der Waals surface area contributed by atoms with Gasteiger partial charge in [0.25, 0.3) is 5.69 Å². The minimum absolute atomic E-state index is 0.0152. The van der Waals surface area contributed by atoms with Crippen LogP contribution in [0.3, 0.4) is 0 Å². The van der Waals surface area contributed by atoms with Gasteiger partial charge in [0.15, 0.2) is 5.78 Å². The van der Waals surface area contributed by atoms with E-state index in [1.54, 1.807) is 26.2 Å². The second kappa shape index (κ2) is 10.1. The normalized spacial score (nSPS) is 19.7. The number of methoxy groups -OCH3 is 1. The van der Waals surface area contributed by atoms with Crippen molar-refractivity contribution in [1.29, 1.82) is 0 Å². The highest BCUT2D eigenvalue weighted by molar-refractivity contribution is 6.04. The highest BCUT2D eigenvalue weighted by Gasteiger charge is 2.41. The van der Waals surface area contributed by atoms with E-state index in [1.165, 1.54) is 12.1 Å². The van der Waals surface area contributed by atoms with Gasteiger partial charge in [0.2, 0.25) is 0 Å². The average Bonchev–Trinajstić information content (AvgIpc) is 2.86. The third kappa shape index (κ3) is 4.82. The van der Waals surface area contributed by atoms with Gasteiger partial charge in [-0.05, 0) is 48.9 Å². The number of esters is 1. The molecule has 35 heavy (non-hydrogen) atoms. The number of nitro groups is 1. The van der Waals surface area contributed by atoms with Gasteiger partial charge in [-0.3, -0.25) is 14.9 Å². The number of carbonyl (C=O) groups excluding carboxylic acids is 2. The fourth-order valence-corrected chi connectivity index (χ4v) is 4.82. The molecule has 0 bridgehead atoms. The molecule has 0 amide bonds. The minimum Gasteiger partial charge on any atom is -0.497 e. The Bertz CT molecular complexity index is 1210. The number of dihydropyridines is 1. The molecule has 2 aliphatic rings. The Morgan fingerprint density at radius 2 is 1.74 bits per heavy atom. The Hall–Kier alpha value is -3.94. The minimum atomic E-state index is -0.652. The molecule has 0 aromatic heterocycles. The predicted octanol–water partition coefficient (Wildman–Crippen LogP) is 4.92. The molecule has 2 aromatic rings. The highest BCUT2D eigenvalue weighted by atomic mass is 16.6. The Kier molecular flexibility index (Phi) is 7.00. The van der Waals surface area contributed by atoms with Gasteiger partial charge in [-0.2, -0.15) is 0 Å². The molecule has 0 fully saturated rings. The van der Waals surface area contributed by atoms with E-state index < -0.39 is 16.8 Å². The zero-order chi connectivity index (χ0) is 25.1. The van der Waals surface area contributed by atoms with E-state index in [1.807, 2.05) is 31.2 Å². The number of ether oxygens (including phenoxy) is 2. The quantitative estimate of drug-likeness (QED) is 0.343. The van der Waals surface area contributed by atoms with E-state index in [-0.39, 0.29) is 24.0 Å². The van der Waals surface area contributed by atoms with Crippen LogP contribution in [0.4, 0.5) is 5.69 Å². The Balaban J connectivity index is 1.75. The summed E-state index contributed by atoms with van der Waals surface area (Å²) in [4.78, 5) is 37.3. The lowest BCUT2D eigenvalue weighted by Gasteiger charge is -2.36. The number of non-ortho nitro benzene ring substituents is 1. The summed E-state index contributed by atoms with van der Waals surface area (Å²) in [5, 5.41) is 14.5. The van der Waals surface area contributed by atoms with E-state index in [0.29, 0.717) is 41.7 Å². The molecule has 0 saturated carbocycles. The molecule has 4 rings (SSSR count). The number of hydrogen-bond donors (Lipinski definition) is 1. The van der Waals surface area contributed by atoms with Gasteiger partial charge in [0.1, 0.15) is 5.75 Å². The summed E-state index contributed by atoms with van der Waals surface area (Å²) in [6, 6.07) is 13.7. The zero-order valence-corrected chi connectivity index (χ0v) is 20.0. The van der Waals surface area contributed by atoms with Crippen LogP contribution >= 0.6 is 0 Å². The van der Waals surface area contributed by atoms with Gasteiger partial charge in [-0.1, -0.05) is 31.2 Å². The SMILES string of the molecule is CCCOC(=O)C1=C(C)NC2=C(C(=O)CC(c3ccc(OC)cc3)C2)C1c1ccc([N+](=O)[O-])cc1. The number of nitrogens with one attached hydrogen (secondary N) is 1. The van der Waals surface area contributed by atoms with Crippen molar-refractivity contribution in [2.45, 2.75) is 44.9 Å². The molecule has 1 N–H and O–H groups in total. The average molecular weight is 477 g/mol. The summed E-state index contributed by atoms with van der Waals surface area (Å²) in [7, 11) is 1.61. The number of rotatable bonds is 7. The van der Waals surface area contributed by atoms with Crippen molar-refractivity contribution in [3.63, 3.8) is 0 Å². The first kappa shape index (κ1) is 24.2. The van der Waals surface area contributed by atoms with Crippen LogP contribution in [0, 0.1) is 10.1 Å². The number of Topliss-reactive ketones (excluding diaryl/α,β-unsaturated/α-hetero) is 1. The van der Waals surface area contributed by atoms with Gasteiger partial charge in [-0.25, -0.2) is 4.79 Å². The van der Waals surface area contributed by atoms with Gasteiger partial charge < -0.3 is 14.8 Å². The van der Waals surface area contributed by atoms with E-state index in [2.05, 4.69) is 5.32 Å². The van der Waals surface area contributed by atoms with Crippen LogP contribution in [-0.4, -0.2) is 30.4 Å². The molecule has 2 atom stereocenters. The Morgan fingerprint density at radius 1 is 1.09 bits per heavy atom. The molecule has 1 heterocycles. The number of carbonyl (C=O) groups is 2. The van der Waals surface area contributed by atoms with Crippen molar-refractivity contribution in [2.75, 3.05) is 13.7 Å². The maximum atomic E-state index is 13.6. The predicted molar refractivity (Wildman–Crippen MR) is 130 cm³/mol. The molecule has 182 valence electrons. The molecule has 0 spiro atoms. The van der Waals surface area contributed by atoms with Crippen molar-refractivity contribution in [2.24, 2.45) is 0 Å². The third-order valence-electron chi connectivity index (χ3n) is 6.51. The topological polar surface area (TPSA) is 108 Å². The van der Waals surface area contributed by atoms with Crippen LogP contribution in [0.15, 0.2) is 71.1 Å². The number of nitro benzene ring substituents is 1. The summed E-state index contributed by atoms with van der Waals surface area (Å²) in [5.41, 5.74) is 3.91. The third-order valence-corrected chi connectivity index (χ3v) is 6.51. The van der Waals surface area contributed by atoms with Crippen LogP contribution in [0.2, 0.25) is 0 Å². The monoisotopic (exact) mass is 476 g/mol. The Labute approximate surface area is 203 Å². The lowest BCUT2D eigenvalue weighted by molar-refractivity contribution is -0.384. The van der Waals surface area contributed by atoms with Gasteiger partial charge in [0.05, 0.1) is 24.2 Å². The second-order valence-corrected chi connectivity index (χ2v) is 8.77. The molecular formula is C27H28N2O6. The molecule has 0 radical (unpaired) electrons. The lowest BCUT2D eigenvalue weighted by atomic mass is 9.71. The zero-order valence-electron chi connectivity index (χ0n) is 20.0. The summed E-state index contributed by atoms with van der Waals surface area (Å²) in [6.45, 7) is 3.97. The van der Waals surface area contributed by atoms with Crippen LogP contribution < -0.4 is 10.1 Å². The van der Waals surface area contributed by atoms with E-state index in [4.69, 9.17) is 9.47 Å². The number of ketones is 1. The van der Waals surface area contributed by atoms with Crippen LogP contribution in [0.1, 0.15) is 56.1 Å². The molecule has 8 heteroatoms. The first-order valence-corrected chi connectivity index (χ1v) is 11.6. The summed E-state index contributed by atoms with van der Waals surface area (Å²) >= 11 is 0. The molecule has 2 unspecified atom stereocenters. The maximum absolute atomic E-state index is 13.6. The fourth-order valence-electron chi connectivity index (χ4n) is 4.82. The van der Waals surface area contributed by atoms with Crippen LogP contribution in [0.5, 0.6) is 5.75 Å². The summed E-state index contributed by atoms with van der Waals surface area (Å²) in [6.07, 6.45) is 1.57. The van der Waals surface area contributed by atoms with Crippen molar-refractivity contribution >= 4 is 17.4 Å². The lowest BCUT2D eigenvalue weighted by Crippen LogP contribution is -2.36. The maximum Gasteiger partial charge on any atom is 0.336 e. The van der Waals surface area contributed by atoms with Crippen molar-refractivity contribution in [1.82, 2.24) is 5.32 Å². The summed E-state index contributed by atoms with van der Waals surface area (Å²) < 4.78 is 10.7. The molecular weight excluding hydrogens is 448 g/mol. The number of nitrogens with zero attached hydrogens (tertiary/aromatic N) is 1. The highest BCUT2D eigenvalue weighted by Crippen LogP contribution is 2.46. The van der Waals surface area contributed by atoms with E-state index >= 15 is 0 Å². The summed E-state index contributed by atoms with van der Waals surface area (Å²) in [5.74, 6) is -0.467. The fraction of sp³-hybridized carbons (Fsp3) is 0.333. The van der Waals surface area contributed by atoms with Gasteiger partial charge in [0, 0.05) is 41.4 Å². The number of benzene rings is 2. The van der Waals surface area contributed by atoms with Crippen molar-refractivity contribution in [3.05, 3.63) is 92.3 Å². The Morgan fingerprint density at radius 3 is 2.34 bits per heavy atom. The second-order valence-electron chi connectivity index (χ2n) is 8.77. The van der Waals surface area contributed by atoms with E-state index in [0.717, 1.165) is 17.0 Å². The molecule has 1 aliphatic heterocycles. The van der Waals surface area contributed by atoms with Crippen LogP contribution in [0.25, 0.3) is 0 Å². The first-order chi connectivity index (χ1) is 16.8. The van der Waals surface area contributed by atoms with Crippen LogP contribution in [-0.2, 0) is 14.3 Å². The molecule has 8 nitrogen and oxygen atoms in total. The standard InChI is InChI=1S/C27H28N2O6/c1-4-13-35-27(31)24-16(2)28-22-14-19(17-7-11-21(34-3)12-8-17)15-23(30)26(22)25(24)18-5-9-20(10-6-18)29(32)33/h5-12,19,25,28H,4,13-15H2,1-3H3. The molecule has 1 aliphatic carbocycles. The van der Waals surface area contributed by atoms with Crippen molar-refractivity contribution < 1.29 is 24.0 Å². The first-order valence-electron chi connectivity index (χ1n) is 11.6. The molecule has 0 saturated heterocycles. The largest absolute Gasteiger partial charge is 0.497 e. The van der Waals surface area contributed by atoms with Crippen molar-refractivity contribution in [3.8, 4) is 5.75 Å². The number of hydrogen-bond acceptors (Lipinski definition) is 7. The molecule has 2 aromatic carbocycles. The number of allylic oxidation sites excluding steroid dienone is 3.